The van der Waals surface area contributed by atoms with Gasteiger partial charge in [-0.1, -0.05) is 6.07 Å². The Bertz CT molecular complexity index is 680. The third-order valence-electron chi connectivity index (χ3n) is 4.22. The molecule has 3 N–H and O–H groups in total. The van der Waals surface area contributed by atoms with E-state index in [4.69, 9.17) is 5.73 Å². The molecule has 1 aromatic rings. The number of nitrogens with one attached hydrogen (secondary N) is 1. The lowest BCUT2D eigenvalue weighted by atomic mass is 9.93. The minimum Gasteiger partial charge on any atom is -0.328 e. The highest BCUT2D eigenvalue weighted by molar-refractivity contribution is 7.89. The number of aryl methyl sites for hydroxylation is 1. The van der Waals surface area contributed by atoms with E-state index in [-0.39, 0.29) is 22.7 Å². The fraction of sp³-hybridized carbons (Fsp3) is 0.571. The number of nitrogens with zero attached hydrogens (tertiary/aromatic N) is 1. The second-order valence-electron chi connectivity index (χ2n) is 5.85. The van der Waals surface area contributed by atoms with Crippen molar-refractivity contribution >= 4 is 15.7 Å². The van der Waals surface area contributed by atoms with Crippen LogP contribution in [0.2, 0.25) is 0 Å². The molecular weight excluding hydrogens is 306 g/mol. The average molecular weight is 327 g/mol. The van der Waals surface area contributed by atoms with E-state index in [1.54, 1.807) is 19.9 Å². The number of nitro groups is 1. The Kier molecular flexibility index (Phi) is 4.84. The maximum atomic E-state index is 12.6. The summed E-state index contributed by atoms with van der Waals surface area (Å²) in [7, 11) is -3.94. The molecule has 122 valence electrons. The number of sulfonamides is 1. The zero-order chi connectivity index (χ0) is 16.5. The number of nitro benzene ring substituents is 1. The van der Waals surface area contributed by atoms with Crippen LogP contribution in [-0.4, -0.2) is 25.4 Å². The van der Waals surface area contributed by atoms with Crippen LogP contribution in [0.1, 0.15) is 36.8 Å². The summed E-state index contributed by atoms with van der Waals surface area (Å²) in [6.45, 7) is 3.32. The predicted octanol–water partition coefficient (Wildman–Crippen LogP) is 1.76. The van der Waals surface area contributed by atoms with Crippen LogP contribution in [0.3, 0.4) is 0 Å². The van der Waals surface area contributed by atoms with Crippen LogP contribution in [0.4, 0.5) is 5.69 Å². The van der Waals surface area contributed by atoms with Crippen molar-refractivity contribution in [2.45, 2.75) is 56.5 Å². The third kappa shape index (κ3) is 3.45. The highest BCUT2D eigenvalue weighted by atomic mass is 32.2. The lowest BCUT2D eigenvalue weighted by Gasteiger charge is -2.26. The molecule has 0 saturated heterocycles. The molecule has 0 amide bonds. The minimum atomic E-state index is -3.94. The smallest absolute Gasteiger partial charge is 0.289 e. The van der Waals surface area contributed by atoms with Gasteiger partial charge in [0.2, 0.25) is 10.0 Å². The van der Waals surface area contributed by atoms with Crippen molar-refractivity contribution in [2.75, 3.05) is 0 Å². The van der Waals surface area contributed by atoms with E-state index >= 15 is 0 Å². The normalized spacial score (nSPS) is 22.5. The van der Waals surface area contributed by atoms with Gasteiger partial charge in [0.05, 0.1) is 4.92 Å². The fourth-order valence-corrected chi connectivity index (χ4v) is 4.55. The van der Waals surface area contributed by atoms with Gasteiger partial charge in [0.25, 0.3) is 5.69 Å². The molecule has 0 aliphatic heterocycles. The van der Waals surface area contributed by atoms with Gasteiger partial charge in [0, 0.05) is 18.2 Å². The molecule has 0 bridgehead atoms. The zero-order valence-corrected chi connectivity index (χ0v) is 13.5. The van der Waals surface area contributed by atoms with Gasteiger partial charge in [-0.15, -0.1) is 0 Å². The van der Waals surface area contributed by atoms with Crippen molar-refractivity contribution in [3.05, 3.63) is 33.4 Å². The molecular formula is C14H21N3O4S. The van der Waals surface area contributed by atoms with Gasteiger partial charge in [0.15, 0.2) is 4.90 Å². The van der Waals surface area contributed by atoms with Crippen molar-refractivity contribution in [3.63, 3.8) is 0 Å². The number of benzene rings is 1. The largest absolute Gasteiger partial charge is 0.328 e. The SMILES string of the molecule is Cc1ccc([N+](=O)[O-])c(S(=O)(=O)NC2CCC(N)CC2)c1C. The van der Waals surface area contributed by atoms with Gasteiger partial charge < -0.3 is 5.73 Å². The summed E-state index contributed by atoms with van der Waals surface area (Å²) in [5, 5.41) is 11.2. The van der Waals surface area contributed by atoms with Crippen molar-refractivity contribution in [2.24, 2.45) is 5.73 Å². The summed E-state index contributed by atoms with van der Waals surface area (Å²) in [4.78, 5) is 10.3. The maximum absolute atomic E-state index is 12.6. The molecule has 22 heavy (non-hydrogen) atoms. The maximum Gasteiger partial charge on any atom is 0.289 e. The predicted molar refractivity (Wildman–Crippen MR) is 83.1 cm³/mol. The Hall–Kier alpha value is -1.51. The Morgan fingerprint density at radius 1 is 1.23 bits per heavy atom. The first-order valence-electron chi connectivity index (χ1n) is 7.25. The summed E-state index contributed by atoms with van der Waals surface area (Å²) in [5.41, 5.74) is 6.54. The second kappa shape index (κ2) is 6.31. The van der Waals surface area contributed by atoms with Crippen molar-refractivity contribution in [1.82, 2.24) is 4.72 Å². The summed E-state index contributed by atoms with van der Waals surface area (Å²) in [5.74, 6) is 0. The first-order chi connectivity index (χ1) is 10.2. The Morgan fingerprint density at radius 3 is 2.36 bits per heavy atom. The molecule has 0 aromatic heterocycles. The topological polar surface area (TPSA) is 115 Å². The summed E-state index contributed by atoms with van der Waals surface area (Å²) in [6.07, 6.45) is 2.81. The molecule has 1 fully saturated rings. The quantitative estimate of drug-likeness (QED) is 0.646. The molecule has 2 rings (SSSR count). The van der Waals surface area contributed by atoms with Crippen molar-refractivity contribution in [1.29, 1.82) is 0 Å². The molecule has 0 radical (unpaired) electrons. The van der Waals surface area contributed by atoms with E-state index in [0.717, 1.165) is 12.8 Å². The molecule has 1 saturated carbocycles. The number of rotatable bonds is 4. The lowest BCUT2D eigenvalue weighted by molar-refractivity contribution is -0.387. The fourth-order valence-electron chi connectivity index (χ4n) is 2.77. The first kappa shape index (κ1) is 16.9. The molecule has 0 spiro atoms. The molecule has 1 aliphatic carbocycles. The van der Waals surface area contributed by atoms with E-state index in [0.29, 0.717) is 24.0 Å². The van der Waals surface area contributed by atoms with Gasteiger partial charge in [0.1, 0.15) is 0 Å². The number of hydrogen-bond acceptors (Lipinski definition) is 5. The van der Waals surface area contributed by atoms with Gasteiger partial charge in [-0.2, -0.15) is 0 Å². The first-order valence-corrected chi connectivity index (χ1v) is 8.73. The molecule has 1 aromatic carbocycles. The number of hydrogen-bond donors (Lipinski definition) is 2. The average Bonchev–Trinajstić information content (AvgIpc) is 2.43. The summed E-state index contributed by atoms with van der Waals surface area (Å²) in [6, 6.07) is 2.69. The highest BCUT2D eigenvalue weighted by Crippen LogP contribution is 2.30. The van der Waals surface area contributed by atoms with Gasteiger partial charge >= 0.3 is 0 Å². The van der Waals surface area contributed by atoms with Crippen LogP contribution >= 0.6 is 0 Å². The summed E-state index contributed by atoms with van der Waals surface area (Å²) < 4.78 is 27.9. The molecule has 7 nitrogen and oxygen atoms in total. The van der Waals surface area contributed by atoms with E-state index in [2.05, 4.69) is 4.72 Å². The Morgan fingerprint density at radius 2 is 1.82 bits per heavy atom. The molecule has 1 aliphatic rings. The second-order valence-corrected chi connectivity index (χ2v) is 7.50. The van der Waals surface area contributed by atoms with Crippen LogP contribution in [0.5, 0.6) is 0 Å². The molecule has 0 unspecified atom stereocenters. The molecule has 8 heteroatoms. The van der Waals surface area contributed by atoms with E-state index in [1.807, 2.05) is 0 Å². The monoisotopic (exact) mass is 327 g/mol. The van der Waals surface area contributed by atoms with Crippen molar-refractivity contribution in [3.8, 4) is 0 Å². The summed E-state index contributed by atoms with van der Waals surface area (Å²) >= 11 is 0. The standard InChI is InChI=1S/C14H21N3O4S/c1-9-3-8-13(17(18)19)14(10(9)2)22(20,21)16-12-6-4-11(15)5-7-12/h3,8,11-12,16H,4-7,15H2,1-2H3. The van der Waals surface area contributed by atoms with Crippen LogP contribution in [0, 0.1) is 24.0 Å². The number of nitrogens with two attached hydrogens (primary N) is 1. The van der Waals surface area contributed by atoms with Gasteiger partial charge in [-0.05, 0) is 50.7 Å². The van der Waals surface area contributed by atoms with Crippen LogP contribution in [0.15, 0.2) is 17.0 Å². The van der Waals surface area contributed by atoms with Gasteiger partial charge in [-0.25, -0.2) is 13.1 Å². The van der Waals surface area contributed by atoms with Crippen LogP contribution < -0.4 is 10.5 Å². The Balaban J connectivity index is 2.37. The Labute approximate surface area is 130 Å². The molecule has 0 heterocycles. The molecule has 0 atom stereocenters. The van der Waals surface area contributed by atoms with Crippen molar-refractivity contribution < 1.29 is 13.3 Å². The van der Waals surface area contributed by atoms with Crippen LogP contribution in [0.25, 0.3) is 0 Å². The highest BCUT2D eigenvalue weighted by Gasteiger charge is 2.31. The van der Waals surface area contributed by atoms with E-state index in [9.17, 15) is 18.5 Å². The van der Waals surface area contributed by atoms with E-state index < -0.39 is 14.9 Å². The minimum absolute atomic E-state index is 0.107. The third-order valence-corrected chi connectivity index (χ3v) is 5.91. The van der Waals surface area contributed by atoms with E-state index in [1.165, 1.54) is 6.07 Å². The zero-order valence-electron chi connectivity index (χ0n) is 12.7. The lowest BCUT2D eigenvalue weighted by Crippen LogP contribution is -2.40. The van der Waals surface area contributed by atoms with Gasteiger partial charge in [-0.3, -0.25) is 10.1 Å². The van der Waals surface area contributed by atoms with Crippen LogP contribution in [-0.2, 0) is 10.0 Å².